The molecule has 2 aromatic carbocycles. The third-order valence-electron chi connectivity index (χ3n) is 4.15. The fourth-order valence-corrected chi connectivity index (χ4v) is 2.64. The highest BCUT2D eigenvalue weighted by Gasteiger charge is 2.10. The number of benzene rings is 2. The Kier molecular flexibility index (Phi) is 7.10. The zero-order valence-corrected chi connectivity index (χ0v) is 14.0. The summed E-state index contributed by atoms with van der Waals surface area (Å²) >= 11 is 0. The maximum atomic E-state index is 13.9. The largest absolute Gasteiger partial charge is 0.247 e. The molecule has 0 radical (unpaired) electrons. The van der Waals surface area contributed by atoms with E-state index in [2.05, 4.69) is 12.1 Å². The molecular weight excluding hydrogens is 309 g/mol. The molecule has 0 aliphatic heterocycles. The highest BCUT2D eigenvalue weighted by molar-refractivity contribution is 5.28. The van der Waals surface area contributed by atoms with Crippen molar-refractivity contribution in [2.75, 3.05) is 6.67 Å². The summed E-state index contributed by atoms with van der Waals surface area (Å²) in [6, 6.07) is 11.5. The molecule has 3 heteroatoms. The predicted octanol–water partition coefficient (Wildman–Crippen LogP) is 5.91. The van der Waals surface area contributed by atoms with Gasteiger partial charge >= 0.3 is 0 Å². The SMILES string of the molecule is Cc1ccc(CCc2ccc(CCCC=CCF)cc2)c(F)c1F. The van der Waals surface area contributed by atoms with Crippen LogP contribution in [0.2, 0.25) is 0 Å². The van der Waals surface area contributed by atoms with E-state index in [0.29, 0.717) is 24.0 Å². The van der Waals surface area contributed by atoms with Gasteiger partial charge in [-0.25, -0.2) is 13.2 Å². The molecule has 0 heterocycles. The number of allylic oxidation sites excluding steroid dienone is 2. The van der Waals surface area contributed by atoms with Gasteiger partial charge in [-0.3, -0.25) is 0 Å². The topological polar surface area (TPSA) is 0 Å². The predicted molar refractivity (Wildman–Crippen MR) is 93.0 cm³/mol. The molecule has 0 N–H and O–H groups in total. The van der Waals surface area contributed by atoms with Crippen LogP contribution in [0.5, 0.6) is 0 Å². The molecule has 24 heavy (non-hydrogen) atoms. The van der Waals surface area contributed by atoms with Gasteiger partial charge in [0, 0.05) is 0 Å². The molecule has 2 aromatic rings. The van der Waals surface area contributed by atoms with E-state index < -0.39 is 18.3 Å². The third kappa shape index (κ3) is 5.26. The van der Waals surface area contributed by atoms with E-state index in [9.17, 15) is 13.2 Å². The van der Waals surface area contributed by atoms with Gasteiger partial charge in [0.1, 0.15) is 6.67 Å². The Morgan fingerprint density at radius 2 is 1.46 bits per heavy atom. The number of hydrogen-bond donors (Lipinski definition) is 0. The molecule has 0 amide bonds. The van der Waals surface area contributed by atoms with Gasteiger partial charge in [-0.05, 0) is 61.3 Å². The first kappa shape index (κ1) is 18.3. The normalized spacial score (nSPS) is 11.3. The molecule has 0 aliphatic carbocycles. The van der Waals surface area contributed by atoms with Gasteiger partial charge in [-0.2, -0.15) is 0 Å². The molecule has 0 nitrogen and oxygen atoms in total. The van der Waals surface area contributed by atoms with Crippen molar-refractivity contribution in [1.29, 1.82) is 0 Å². The van der Waals surface area contributed by atoms with Crippen molar-refractivity contribution in [1.82, 2.24) is 0 Å². The highest BCUT2D eigenvalue weighted by atomic mass is 19.2. The third-order valence-corrected chi connectivity index (χ3v) is 4.15. The van der Waals surface area contributed by atoms with Crippen LogP contribution in [-0.2, 0) is 19.3 Å². The van der Waals surface area contributed by atoms with Crippen molar-refractivity contribution in [3.63, 3.8) is 0 Å². The zero-order valence-electron chi connectivity index (χ0n) is 14.0. The maximum Gasteiger partial charge on any atom is 0.162 e. The van der Waals surface area contributed by atoms with E-state index >= 15 is 0 Å². The Bertz CT molecular complexity index is 672. The molecular formula is C21H23F3. The van der Waals surface area contributed by atoms with Crippen LogP contribution in [0.3, 0.4) is 0 Å². The summed E-state index contributed by atoms with van der Waals surface area (Å²) in [5.41, 5.74) is 3.10. The van der Waals surface area contributed by atoms with Crippen molar-refractivity contribution >= 4 is 0 Å². The number of unbranched alkanes of at least 4 members (excludes halogenated alkanes) is 1. The average Bonchev–Trinajstić information content (AvgIpc) is 2.60. The summed E-state index contributed by atoms with van der Waals surface area (Å²) in [6.07, 6.45) is 7.39. The number of alkyl halides is 1. The summed E-state index contributed by atoms with van der Waals surface area (Å²) in [4.78, 5) is 0. The van der Waals surface area contributed by atoms with E-state index in [4.69, 9.17) is 0 Å². The lowest BCUT2D eigenvalue weighted by atomic mass is 10.0. The van der Waals surface area contributed by atoms with Gasteiger partial charge in [-0.15, -0.1) is 0 Å². The van der Waals surface area contributed by atoms with E-state index in [-0.39, 0.29) is 0 Å². The van der Waals surface area contributed by atoms with Crippen LogP contribution in [0.15, 0.2) is 48.6 Å². The van der Waals surface area contributed by atoms with Gasteiger partial charge in [-0.1, -0.05) is 48.6 Å². The average molecular weight is 332 g/mol. The summed E-state index contributed by atoms with van der Waals surface area (Å²) < 4.78 is 39.3. The molecule has 0 spiro atoms. The lowest BCUT2D eigenvalue weighted by Crippen LogP contribution is -1.99. The molecule has 0 bridgehead atoms. The number of aryl methyl sites for hydroxylation is 4. The fourth-order valence-electron chi connectivity index (χ4n) is 2.64. The van der Waals surface area contributed by atoms with Crippen molar-refractivity contribution in [3.8, 4) is 0 Å². The lowest BCUT2D eigenvalue weighted by molar-refractivity contribution is 0.493. The molecule has 2 rings (SSSR count). The van der Waals surface area contributed by atoms with Crippen molar-refractivity contribution in [2.45, 2.75) is 39.0 Å². The second-order valence-corrected chi connectivity index (χ2v) is 6.00. The molecule has 0 fully saturated rings. The maximum absolute atomic E-state index is 13.9. The van der Waals surface area contributed by atoms with Crippen LogP contribution in [0.1, 0.15) is 35.1 Å². The van der Waals surface area contributed by atoms with E-state index in [1.54, 1.807) is 19.1 Å². The van der Waals surface area contributed by atoms with Crippen LogP contribution >= 0.6 is 0 Å². The minimum Gasteiger partial charge on any atom is -0.247 e. The first-order chi connectivity index (χ1) is 11.6. The smallest absolute Gasteiger partial charge is 0.162 e. The standard InChI is InChI=1S/C21H23F3/c1-16-7-13-19(21(24)20(16)23)14-12-18-10-8-17(9-11-18)6-4-2-3-5-15-22/h3,5,7-11,13H,2,4,6,12,14-15H2,1H3. The van der Waals surface area contributed by atoms with Gasteiger partial charge < -0.3 is 0 Å². The molecule has 0 aromatic heterocycles. The van der Waals surface area contributed by atoms with E-state index in [1.807, 2.05) is 18.2 Å². The number of hydrogen-bond acceptors (Lipinski definition) is 0. The fraction of sp³-hybridized carbons (Fsp3) is 0.333. The number of rotatable bonds is 8. The Labute approximate surface area is 142 Å². The van der Waals surface area contributed by atoms with E-state index in [0.717, 1.165) is 24.8 Å². The van der Waals surface area contributed by atoms with Crippen molar-refractivity contribution in [3.05, 3.63) is 82.4 Å². The van der Waals surface area contributed by atoms with Crippen LogP contribution in [0.4, 0.5) is 13.2 Å². The van der Waals surface area contributed by atoms with E-state index in [1.165, 1.54) is 11.6 Å². The lowest BCUT2D eigenvalue weighted by Gasteiger charge is -2.07. The summed E-state index contributed by atoms with van der Waals surface area (Å²) in [6.45, 7) is 1.16. The Morgan fingerprint density at radius 1 is 0.792 bits per heavy atom. The van der Waals surface area contributed by atoms with Crippen molar-refractivity contribution < 1.29 is 13.2 Å². The quantitative estimate of drug-likeness (QED) is 0.416. The van der Waals surface area contributed by atoms with Gasteiger partial charge in [0.2, 0.25) is 0 Å². The molecule has 0 saturated heterocycles. The molecule has 0 atom stereocenters. The highest BCUT2D eigenvalue weighted by Crippen LogP contribution is 2.18. The van der Waals surface area contributed by atoms with Gasteiger partial charge in [0.15, 0.2) is 11.6 Å². The summed E-state index contributed by atoms with van der Waals surface area (Å²) in [7, 11) is 0. The molecule has 128 valence electrons. The molecule has 0 saturated carbocycles. The van der Waals surface area contributed by atoms with Crippen LogP contribution in [0.25, 0.3) is 0 Å². The Balaban J connectivity index is 1.86. The van der Waals surface area contributed by atoms with Crippen LogP contribution in [0, 0.1) is 18.6 Å². The second kappa shape index (κ2) is 9.31. The Morgan fingerprint density at radius 3 is 2.12 bits per heavy atom. The number of halogens is 3. The Hall–Kier alpha value is -2.03. The summed E-state index contributed by atoms with van der Waals surface area (Å²) in [5, 5.41) is 0. The minimum absolute atomic E-state index is 0.335. The minimum atomic E-state index is -0.746. The molecule has 0 unspecified atom stereocenters. The first-order valence-corrected chi connectivity index (χ1v) is 8.34. The molecule has 0 aliphatic rings. The zero-order chi connectivity index (χ0) is 17.4. The monoisotopic (exact) mass is 332 g/mol. The second-order valence-electron chi connectivity index (χ2n) is 6.00. The van der Waals surface area contributed by atoms with Crippen LogP contribution < -0.4 is 0 Å². The first-order valence-electron chi connectivity index (χ1n) is 8.34. The van der Waals surface area contributed by atoms with Crippen molar-refractivity contribution in [2.24, 2.45) is 0 Å². The van der Waals surface area contributed by atoms with Gasteiger partial charge in [0.05, 0.1) is 0 Å². The van der Waals surface area contributed by atoms with Gasteiger partial charge in [0.25, 0.3) is 0 Å². The van der Waals surface area contributed by atoms with Crippen LogP contribution in [-0.4, -0.2) is 6.67 Å². The summed E-state index contributed by atoms with van der Waals surface area (Å²) in [5.74, 6) is -1.47.